The fraction of sp³-hybridized carbons (Fsp3) is 0.250. The zero-order valence-electron chi connectivity index (χ0n) is 10.1. The van der Waals surface area contributed by atoms with Gasteiger partial charge in [0, 0.05) is 9.89 Å². The van der Waals surface area contributed by atoms with E-state index in [0.29, 0.717) is 0 Å². The zero-order valence-corrected chi connectivity index (χ0v) is 11.7. The number of halogens is 1. The Bertz CT molecular complexity index is 582. The van der Waals surface area contributed by atoms with Crippen LogP contribution < -0.4 is 0 Å². The van der Waals surface area contributed by atoms with Gasteiger partial charge in [0.05, 0.1) is 0 Å². The summed E-state index contributed by atoms with van der Waals surface area (Å²) in [6.45, 7) is 4.63. The van der Waals surface area contributed by atoms with Crippen LogP contribution in [0.5, 0.6) is 0 Å². The first-order valence-corrected chi connectivity index (χ1v) is 6.76. The maximum absolute atomic E-state index is 3.69. The SMILES string of the molecule is CC1(C)c2ccccc2Cc2c(Br)cccc21. The summed E-state index contributed by atoms with van der Waals surface area (Å²) < 4.78 is 1.23. The molecule has 0 saturated heterocycles. The lowest BCUT2D eigenvalue weighted by Gasteiger charge is -2.35. The van der Waals surface area contributed by atoms with Gasteiger partial charge < -0.3 is 0 Å². The molecular formula is C16H15Br. The Morgan fingerprint density at radius 3 is 2.47 bits per heavy atom. The van der Waals surface area contributed by atoms with Gasteiger partial charge in [0.1, 0.15) is 0 Å². The minimum absolute atomic E-state index is 0.105. The molecule has 0 atom stereocenters. The fourth-order valence-corrected chi connectivity index (χ4v) is 3.45. The highest BCUT2D eigenvalue weighted by molar-refractivity contribution is 9.10. The molecule has 0 amide bonds. The minimum Gasteiger partial charge on any atom is -0.0620 e. The molecule has 2 aromatic rings. The molecular weight excluding hydrogens is 272 g/mol. The second kappa shape index (κ2) is 3.71. The van der Waals surface area contributed by atoms with E-state index < -0.39 is 0 Å². The van der Waals surface area contributed by atoms with Crippen LogP contribution in [-0.4, -0.2) is 0 Å². The van der Waals surface area contributed by atoms with Gasteiger partial charge in [-0.1, -0.05) is 66.2 Å². The van der Waals surface area contributed by atoms with E-state index in [2.05, 4.69) is 72.2 Å². The van der Waals surface area contributed by atoms with E-state index in [-0.39, 0.29) is 5.41 Å². The van der Waals surface area contributed by atoms with Crippen molar-refractivity contribution in [3.05, 3.63) is 69.2 Å². The van der Waals surface area contributed by atoms with Crippen LogP contribution in [0.1, 0.15) is 36.1 Å². The van der Waals surface area contributed by atoms with Gasteiger partial charge >= 0.3 is 0 Å². The van der Waals surface area contributed by atoms with Crippen LogP contribution in [0.15, 0.2) is 46.9 Å². The normalized spacial score (nSPS) is 16.2. The van der Waals surface area contributed by atoms with Gasteiger partial charge in [0.2, 0.25) is 0 Å². The molecule has 0 saturated carbocycles. The first-order valence-electron chi connectivity index (χ1n) is 5.97. The number of rotatable bonds is 0. The molecule has 0 spiro atoms. The van der Waals surface area contributed by atoms with Crippen molar-refractivity contribution in [1.29, 1.82) is 0 Å². The van der Waals surface area contributed by atoms with Gasteiger partial charge in [-0.05, 0) is 34.7 Å². The third kappa shape index (κ3) is 1.56. The molecule has 3 rings (SSSR count). The average molecular weight is 287 g/mol. The maximum atomic E-state index is 3.69. The van der Waals surface area contributed by atoms with E-state index in [1.807, 2.05) is 0 Å². The lowest BCUT2D eigenvalue weighted by atomic mass is 9.69. The fourth-order valence-electron chi connectivity index (χ4n) is 2.94. The number of fused-ring (bicyclic) bond motifs is 2. The predicted molar refractivity (Wildman–Crippen MR) is 75.5 cm³/mol. The van der Waals surface area contributed by atoms with Crippen molar-refractivity contribution in [2.45, 2.75) is 25.7 Å². The van der Waals surface area contributed by atoms with Crippen LogP contribution in [0.3, 0.4) is 0 Å². The maximum Gasteiger partial charge on any atom is 0.0213 e. The van der Waals surface area contributed by atoms with E-state index in [0.717, 1.165) is 6.42 Å². The Balaban J connectivity index is 2.31. The van der Waals surface area contributed by atoms with E-state index in [4.69, 9.17) is 0 Å². The van der Waals surface area contributed by atoms with Crippen LogP contribution in [0.4, 0.5) is 0 Å². The predicted octanol–water partition coefficient (Wildman–Crippen LogP) is 4.68. The molecule has 17 heavy (non-hydrogen) atoms. The van der Waals surface area contributed by atoms with Crippen LogP contribution in [0.25, 0.3) is 0 Å². The van der Waals surface area contributed by atoms with Gasteiger partial charge in [-0.15, -0.1) is 0 Å². The van der Waals surface area contributed by atoms with Crippen molar-refractivity contribution < 1.29 is 0 Å². The molecule has 1 aliphatic carbocycles. The molecule has 0 bridgehead atoms. The number of hydrogen-bond acceptors (Lipinski definition) is 0. The van der Waals surface area contributed by atoms with Gasteiger partial charge in [0.15, 0.2) is 0 Å². The molecule has 0 N–H and O–H groups in total. The second-order valence-corrected chi connectivity index (χ2v) is 6.08. The highest BCUT2D eigenvalue weighted by atomic mass is 79.9. The number of benzene rings is 2. The number of hydrogen-bond donors (Lipinski definition) is 0. The van der Waals surface area contributed by atoms with Gasteiger partial charge in [-0.2, -0.15) is 0 Å². The molecule has 0 radical (unpaired) electrons. The minimum atomic E-state index is 0.105. The first-order chi connectivity index (χ1) is 8.10. The van der Waals surface area contributed by atoms with Crippen molar-refractivity contribution in [3.8, 4) is 0 Å². The molecule has 0 heterocycles. The summed E-state index contributed by atoms with van der Waals surface area (Å²) in [5.74, 6) is 0. The smallest absolute Gasteiger partial charge is 0.0213 e. The quantitative estimate of drug-likeness (QED) is 0.660. The van der Waals surface area contributed by atoms with E-state index >= 15 is 0 Å². The standard InChI is InChI=1S/C16H15Br/c1-16(2)13-7-4-3-6-11(13)10-12-14(16)8-5-9-15(12)17/h3-9H,10H2,1-2H3. The van der Waals surface area contributed by atoms with Crippen molar-refractivity contribution in [2.75, 3.05) is 0 Å². The summed E-state index contributed by atoms with van der Waals surface area (Å²) >= 11 is 3.69. The van der Waals surface area contributed by atoms with Crippen LogP contribution in [0, 0.1) is 0 Å². The van der Waals surface area contributed by atoms with E-state index in [1.165, 1.54) is 26.7 Å². The monoisotopic (exact) mass is 286 g/mol. The van der Waals surface area contributed by atoms with Crippen LogP contribution in [-0.2, 0) is 11.8 Å². The van der Waals surface area contributed by atoms with Crippen LogP contribution in [0.2, 0.25) is 0 Å². The van der Waals surface area contributed by atoms with Crippen molar-refractivity contribution >= 4 is 15.9 Å². The van der Waals surface area contributed by atoms with Gasteiger partial charge in [0.25, 0.3) is 0 Å². The Kier molecular flexibility index (Phi) is 2.41. The van der Waals surface area contributed by atoms with Gasteiger partial charge in [-0.25, -0.2) is 0 Å². The molecule has 1 aliphatic rings. The molecule has 0 aliphatic heterocycles. The zero-order chi connectivity index (χ0) is 12.0. The molecule has 1 heteroatoms. The Morgan fingerprint density at radius 2 is 1.65 bits per heavy atom. The van der Waals surface area contributed by atoms with Crippen molar-refractivity contribution in [2.24, 2.45) is 0 Å². The molecule has 86 valence electrons. The van der Waals surface area contributed by atoms with E-state index in [9.17, 15) is 0 Å². The topological polar surface area (TPSA) is 0 Å². The lowest BCUT2D eigenvalue weighted by molar-refractivity contribution is 0.609. The molecule has 0 fully saturated rings. The largest absolute Gasteiger partial charge is 0.0620 e. The Morgan fingerprint density at radius 1 is 0.941 bits per heavy atom. The lowest BCUT2D eigenvalue weighted by Crippen LogP contribution is -2.27. The summed E-state index contributed by atoms with van der Waals surface area (Å²) in [7, 11) is 0. The molecule has 0 unspecified atom stereocenters. The van der Waals surface area contributed by atoms with Gasteiger partial charge in [-0.3, -0.25) is 0 Å². The van der Waals surface area contributed by atoms with Crippen molar-refractivity contribution in [1.82, 2.24) is 0 Å². The third-order valence-electron chi connectivity index (χ3n) is 3.85. The molecule has 2 aromatic carbocycles. The summed E-state index contributed by atoms with van der Waals surface area (Å²) in [5, 5.41) is 0. The third-order valence-corrected chi connectivity index (χ3v) is 4.59. The summed E-state index contributed by atoms with van der Waals surface area (Å²) in [4.78, 5) is 0. The molecule has 0 aromatic heterocycles. The Hall–Kier alpha value is -1.08. The van der Waals surface area contributed by atoms with Crippen LogP contribution >= 0.6 is 15.9 Å². The Labute approximate surface area is 111 Å². The summed E-state index contributed by atoms with van der Waals surface area (Å²) in [6, 6.07) is 15.3. The summed E-state index contributed by atoms with van der Waals surface area (Å²) in [6.07, 6.45) is 1.04. The van der Waals surface area contributed by atoms with Crippen molar-refractivity contribution in [3.63, 3.8) is 0 Å². The second-order valence-electron chi connectivity index (χ2n) is 5.22. The average Bonchev–Trinajstić information content (AvgIpc) is 2.31. The summed E-state index contributed by atoms with van der Waals surface area (Å²) in [5.41, 5.74) is 5.91. The first kappa shape index (κ1) is 11.0. The highest BCUT2D eigenvalue weighted by Crippen LogP contribution is 2.43. The highest BCUT2D eigenvalue weighted by Gasteiger charge is 2.32. The molecule has 0 nitrogen and oxygen atoms in total. The van der Waals surface area contributed by atoms with E-state index in [1.54, 1.807) is 0 Å².